The van der Waals surface area contributed by atoms with Crippen LogP contribution in [0.4, 0.5) is 0 Å². The van der Waals surface area contributed by atoms with Gasteiger partial charge in [0, 0.05) is 15.2 Å². The monoisotopic (exact) mass is 274 g/mol. The Morgan fingerprint density at radius 2 is 1.28 bits per heavy atom. The summed E-state index contributed by atoms with van der Waals surface area (Å²) in [6.07, 6.45) is 0.766. The zero-order valence-electron chi connectivity index (χ0n) is 8.45. The predicted molar refractivity (Wildman–Crippen MR) is 41.1 cm³/mol. The minimum Gasteiger partial charge on any atom is -0.541 e. The maximum atomic E-state index is 10.8. The van der Waals surface area contributed by atoms with E-state index < -0.39 is 27.0 Å². The van der Waals surface area contributed by atoms with E-state index in [-0.39, 0.29) is 10.1 Å². The lowest BCUT2D eigenvalue weighted by molar-refractivity contribution is -1.37. The van der Waals surface area contributed by atoms with Crippen LogP contribution >= 0.6 is 0 Å². The van der Waals surface area contributed by atoms with Gasteiger partial charge < -0.3 is 15.6 Å². The molecule has 6 N–H and O–H groups in total. The van der Waals surface area contributed by atoms with Gasteiger partial charge in [-0.1, -0.05) is 0 Å². The van der Waals surface area contributed by atoms with Crippen molar-refractivity contribution in [1.29, 1.82) is 0 Å². The smallest absolute Gasteiger partial charge is 0.208 e. The second kappa shape index (κ2) is 4.18. The number of hydrogen-bond donors (Lipinski definition) is 6. The number of hydrogen-bond acceptors (Lipinski definition) is 12. The normalized spacial score (nSPS) is 19.6. The van der Waals surface area contributed by atoms with Gasteiger partial charge in [0.1, 0.15) is 6.20 Å². The van der Waals surface area contributed by atoms with Crippen LogP contribution in [0.2, 0.25) is 0 Å². The third-order valence-corrected chi connectivity index (χ3v) is 1.78. The lowest BCUT2D eigenvalue weighted by Crippen LogP contribution is -2.71. The van der Waals surface area contributed by atoms with Crippen LogP contribution in [0.25, 0.3) is 0 Å². The molecule has 0 aromatic carbocycles. The van der Waals surface area contributed by atoms with E-state index >= 15 is 0 Å². The Bertz CT molecular complexity index is 327. The summed E-state index contributed by atoms with van der Waals surface area (Å²) >= 11 is 0. The number of nitrogens with zero attached hydrogens (tertiary/aromatic N) is 6. The summed E-state index contributed by atoms with van der Waals surface area (Å²) in [6, 6.07) is 0. The Labute approximate surface area is 97.6 Å². The zero-order valence-corrected chi connectivity index (χ0v) is 8.45. The molecule has 0 bridgehead atoms. The molecular weight excluding hydrogens is 264 g/mol. The summed E-state index contributed by atoms with van der Waals surface area (Å²) < 4.78 is 0. The highest BCUT2D eigenvalue weighted by atomic mass is 17.2. The molecule has 15 nitrogen and oxygen atoms in total. The summed E-state index contributed by atoms with van der Waals surface area (Å²) in [6.45, 7) is -1.28. The first-order valence-corrected chi connectivity index (χ1v) is 4.03. The molecular formula is C3H10N6O9. The summed E-state index contributed by atoms with van der Waals surface area (Å²) in [5, 5.41) is 73.5. The van der Waals surface area contributed by atoms with E-state index in [0.29, 0.717) is 12.4 Å². The maximum Gasteiger partial charge on any atom is 0.208 e. The average molecular weight is 274 g/mol. The zero-order chi connectivity index (χ0) is 14.4. The molecule has 0 atom stereocenters. The van der Waals surface area contributed by atoms with Crippen molar-refractivity contribution in [3.05, 3.63) is 28.0 Å². The van der Waals surface area contributed by atoms with Crippen molar-refractivity contribution in [3.63, 3.8) is 0 Å². The van der Waals surface area contributed by atoms with Gasteiger partial charge in [0.25, 0.3) is 0 Å². The van der Waals surface area contributed by atoms with Crippen molar-refractivity contribution in [1.82, 2.24) is 15.2 Å². The van der Waals surface area contributed by atoms with Crippen LogP contribution < -0.4 is 0 Å². The number of rotatable bonds is 3. The van der Waals surface area contributed by atoms with E-state index in [1.54, 1.807) is 0 Å². The van der Waals surface area contributed by atoms with Crippen molar-refractivity contribution >= 4 is 0 Å². The summed E-state index contributed by atoms with van der Waals surface area (Å²) in [7, 11) is 0. The molecule has 0 aliphatic carbocycles. The first-order chi connectivity index (χ1) is 7.83. The molecule has 1 rings (SSSR count). The SMILES string of the molecule is [O-][N+](O)(O)N1C=CN([N+]([O-])(O)O)N([N+]([O-])(O)O)C1. The third kappa shape index (κ3) is 3.18. The molecule has 0 saturated heterocycles. The van der Waals surface area contributed by atoms with Gasteiger partial charge in [-0.15, -0.1) is 5.01 Å². The molecule has 0 spiro atoms. The Morgan fingerprint density at radius 1 is 0.778 bits per heavy atom. The summed E-state index contributed by atoms with van der Waals surface area (Å²) in [5.74, 6) is 0. The van der Waals surface area contributed by atoms with Gasteiger partial charge in [-0.3, -0.25) is 0 Å². The molecule has 0 amide bonds. The second-order valence-corrected chi connectivity index (χ2v) is 3.11. The van der Waals surface area contributed by atoms with Crippen molar-refractivity contribution < 1.29 is 46.5 Å². The molecule has 15 heteroatoms. The van der Waals surface area contributed by atoms with Crippen molar-refractivity contribution in [2.24, 2.45) is 0 Å². The summed E-state index contributed by atoms with van der Waals surface area (Å²) in [5.41, 5.74) is 0. The average Bonchev–Trinajstić information content (AvgIpc) is 2.12. The van der Waals surface area contributed by atoms with Crippen LogP contribution in [0, 0.1) is 15.6 Å². The molecule has 0 aromatic heterocycles. The highest BCUT2D eigenvalue weighted by Gasteiger charge is 2.46. The maximum absolute atomic E-state index is 10.8. The van der Waals surface area contributed by atoms with Gasteiger partial charge in [-0.2, -0.15) is 31.2 Å². The molecule has 1 aliphatic heterocycles. The van der Waals surface area contributed by atoms with Crippen molar-refractivity contribution in [3.8, 4) is 0 Å². The fraction of sp³-hybridized carbons (Fsp3) is 0.333. The van der Waals surface area contributed by atoms with Crippen LogP contribution in [0.15, 0.2) is 12.4 Å². The van der Waals surface area contributed by atoms with Crippen LogP contribution in [0.3, 0.4) is 0 Å². The first-order valence-electron chi connectivity index (χ1n) is 4.03. The van der Waals surface area contributed by atoms with E-state index in [9.17, 15) is 15.6 Å². The van der Waals surface area contributed by atoms with Crippen LogP contribution in [0.5, 0.6) is 0 Å². The largest absolute Gasteiger partial charge is 0.541 e. The minimum absolute atomic E-state index is 0.0243. The molecule has 18 heavy (non-hydrogen) atoms. The molecule has 0 radical (unpaired) electrons. The van der Waals surface area contributed by atoms with E-state index in [1.165, 1.54) is 0 Å². The topological polar surface area (TPSA) is 200 Å². The Balaban J connectivity index is 3.07. The van der Waals surface area contributed by atoms with Crippen molar-refractivity contribution in [2.45, 2.75) is 0 Å². The minimum atomic E-state index is -3.37. The van der Waals surface area contributed by atoms with Crippen LogP contribution in [0.1, 0.15) is 0 Å². The number of quaternary nitrogens is 3. The molecule has 106 valence electrons. The Kier molecular flexibility index (Phi) is 3.46. The van der Waals surface area contributed by atoms with E-state index in [4.69, 9.17) is 31.2 Å². The second-order valence-electron chi connectivity index (χ2n) is 3.11. The van der Waals surface area contributed by atoms with Gasteiger partial charge >= 0.3 is 0 Å². The van der Waals surface area contributed by atoms with Crippen LogP contribution in [-0.4, -0.2) is 68.4 Å². The molecule has 0 unspecified atom stereocenters. The van der Waals surface area contributed by atoms with Gasteiger partial charge in [0.05, 0.1) is 11.3 Å². The molecule has 1 aliphatic rings. The fourth-order valence-corrected chi connectivity index (χ4v) is 1.05. The van der Waals surface area contributed by atoms with E-state index in [0.717, 1.165) is 0 Å². The lowest BCUT2D eigenvalue weighted by Gasteiger charge is -2.46. The summed E-state index contributed by atoms with van der Waals surface area (Å²) in [4.78, 5) is 0. The standard InChI is InChI=1S/C3H10N6O9/c10-7(11,12)4-1-2-5(8(13,14)15)6(3-4)9(16,17)18/h1-2,10-11,13-14,16-17H,3H2. The quantitative estimate of drug-likeness (QED) is 0.251. The molecule has 0 fully saturated rings. The highest BCUT2D eigenvalue weighted by molar-refractivity contribution is 4.77. The molecule has 0 saturated carbocycles. The highest BCUT2D eigenvalue weighted by Crippen LogP contribution is 2.21. The Morgan fingerprint density at radius 3 is 1.61 bits per heavy atom. The first kappa shape index (κ1) is 14.9. The predicted octanol–water partition coefficient (Wildman–Crippen LogP) is -1.73. The number of hydrazine groups is 1. The fourth-order valence-electron chi connectivity index (χ4n) is 1.05. The van der Waals surface area contributed by atoms with Crippen molar-refractivity contribution in [2.75, 3.05) is 6.67 Å². The van der Waals surface area contributed by atoms with E-state index in [1.807, 2.05) is 0 Å². The van der Waals surface area contributed by atoms with E-state index in [2.05, 4.69) is 0 Å². The van der Waals surface area contributed by atoms with Gasteiger partial charge in [0.2, 0.25) is 6.67 Å². The van der Waals surface area contributed by atoms with Gasteiger partial charge in [-0.05, 0) is 5.12 Å². The third-order valence-electron chi connectivity index (χ3n) is 1.78. The molecule has 1 heterocycles. The lowest BCUT2D eigenvalue weighted by atomic mass is 10.7. The van der Waals surface area contributed by atoms with Gasteiger partial charge in [0.15, 0.2) is 0 Å². The van der Waals surface area contributed by atoms with Crippen LogP contribution in [-0.2, 0) is 0 Å². The molecule has 0 aromatic rings. The van der Waals surface area contributed by atoms with Gasteiger partial charge in [-0.25, -0.2) is 0 Å². The Hall–Kier alpha value is -1.18.